The van der Waals surface area contributed by atoms with Crippen molar-refractivity contribution in [3.63, 3.8) is 0 Å². The van der Waals surface area contributed by atoms with E-state index in [2.05, 4.69) is 11.4 Å². The molecule has 1 aliphatic heterocycles. The average Bonchev–Trinajstić information content (AvgIpc) is 2.94. The van der Waals surface area contributed by atoms with E-state index in [4.69, 9.17) is 0 Å². The third-order valence-electron chi connectivity index (χ3n) is 6.71. The summed E-state index contributed by atoms with van der Waals surface area (Å²) in [4.78, 5) is 16.7. The van der Waals surface area contributed by atoms with E-state index in [1.807, 2.05) is 11.0 Å². The molecule has 3 aromatic carbocycles. The van der Waals surface area contributed by atoms with Gasteiger partial charge in [-0.05, 0) is 53.6 Å². The SMILES string of the molecule is CS(=O)(=O)N1CCN(CCN(C(=O)Nc2ccc(F)c(C(F)(F)F)c2)c2ccc(-c3cccc(C#N)c3)cc2)CC1. The molecule has 1 fully saturated rings. The summed E-state index contributed by atoms with van der Waals surface area (Å²) >= 11 is 0. The highest BCUT2D eigenvalue weighted by molar-refractivity contribution is 7.88. The van der Waals surface area contributed by atoms with Gasteiger partial charge in [0.15, 0.2) is 0 Å². The van der Waals surface area contributed by atoms with Crippen LogP contribution in [0.15, 0.2) is 66.7 Å². The Balaban J connectivity index is 1.55. The third kappa shape index (κ3) is 7.60. The van der Waals surface area contributed by atoms with Crippen LogP contribution in [0.25, 0.3) is 11.1 Å². The molecule has 0 bridgehead atoms. The minimum absolute atomic E-state index is 0.140. The highest BCUT2D eigenvalue weighted by atomic mass is 32.2. The first kappa shape index (κ1) is 30.0. The van der Waals surface area contributed by atoms with E-state index in [-0.39, 0.29) is 12.2 Å². The maximum atomic E-state index is 13.8. The minimum Gasteiger partial charge on any atom is -0.308 e. The number of anilines is 2. The quantitative estimate of drug-likeness (QED) is 0.392. The number of nitrogens with one attached hydrogen (secondary N) is 1. The van der Waals surface area contributed by atoms with E-state index in [1.54, 1.807) is 42.5 Å². The van der Waals surface area contributed by atoms with E-state index in [0.29, 0.717) is 56.1 Å². The van der Waals surface area contributed by atoms with Gasteiger partial charge in [0.1, 0.15) is 5.82 Å². The molecule has 1 heterocycles. The van der Waals surface area contributed by atoms with Crippen molar-refractivity contribution in [1.29, 1.82) is 5.26 Å². The standard InChI is InChI=1S/C28H27F4N5O3S/c1-41(39,40)36-14-11-35(12-15-36)13-16-37(27(38)34-23-7-10-26(29)25(18-23)28(30,31)32)24-8-5-21(6-9-24)22-4-2-3-20(17-22)19-33/h2-10,17-18H,11-16H2,1H3,(H,34,38). The number of carbonyl (C=O) groups excluding carboxylic acids is 1. The van der Waals surface area contributed by atoms with Gasteiger partial charge in [0.05, 0.1) is 23.5 Å². The number of hydrogen-bond donors (Lipinski definition) is 1. The zero-order chi connectivity index (χ0) is 29.8. The molecule has 8 nitrogen and oxygen atoms in total. The van der Waals surface area contributed by atoms with Crippen molar-refractivity contribution in [2.45, 2.75) is 6.18 Å². The van der Waals surface area contributed by atoms with Gasteiger partial charge in [-0.25, -0.2) is 17.6 Å². The summed E-state index contributed by atoms with van der Waals surface area (Å²) in [5.41, 5.74) is 0.810. The topological polar surface area (TPSA) is 96.8 Å². The van der Waals surface area contributed by atoms with Gasteiger partial charge in [-0.1, -0.05) is 24.3 Å². The number of carbonyl (C=O) groups is 1. The van der Waals surface area contributed by atoms with E-state index < -0.39 is 33.6 Å². The van der Waals surface area contributed by atoms with Gasteiger partial charge < -0.3 is 5.32 Å². The monoisotopic (exact) mass is 589 g/mol. The van der Waals surface area contributed by atoms with Crippen molar-refractivity contribution in [2.75, 3.05) is 55.7 Å². The summed E-state index contributed by atoms with van der Waals surface area (Å²) < 4.78 is 78.4. The smallest absolute Gasteiger partial charge is 0.308 e. The molecule has 1 aliphatic rings. The second-order valence-electron chi connectivity index (χ2n) is 9.52. The lowest BCUT2D eigenvalue weighted by Gasteiger charge is -2.34. The summed E-state index contributed by atoms with van der Waals surface area (Å²) in [6.45, 7) is 2.01. The van der Waals surface area contributed by atoms with Gasteiger partial charge in [-0.2, -0.15) is 22.7 Å². The molecular formula is C28H27F4N5O3S. The Morgan fingerprint density at radius 3 is 2.29 bits per heavy atom. The molecule has 41 heavy (non-hydrogen) atoms. The fraction of sp³-hybridized carbons (Fsp3) is 0.286. The van der Waals surface area contributed by atoms with Gasteiger partial charge >= 0.3 is 12.2 Å². The number of sulfonamides is 1. The molecule has 13 heteroatoms. The van der Waals surface area contributed by atoms with Crippen LogP contribution in [-0.2, 0) is 16.2 Å². The lowest BCUT2D eigenvalue weighted by Crippen LogP contribution is -2.50. The van der Waals surface area contributed by atoms with E-state index in [9.17, 15) is 36.0 Å². The number of hydrogen-bond acceptors (Lipinski definition) is 5. The molecule has 4 rings (SSSR count). The Hall–Kier alpha value is -3.99. The van der Waals surface area contributed by atoms with Crippen molar-refractivity contribution in [3.8, 4) is 17.2 Å². The summed E-state index contributed by atoms with van der Waals surface area (Å²) in [6.07, 6.45) is -3.79. The van der Waals surface area contributed by atoms with Crippen molar-refractivity contribution < 1.29 is 30.8 Å². The Morgan fingerprint density at radius 2 is 1.68 bits per heavy atom. The first-order chi connectivity index (χ1) is 19.3. The van der Waals surface area contributed by atoms with Crippen LogP contribution >= 0.6 is 0 Å². The van der Waals surface area contributed by atoms with Crippen molar-refractivity contribution in [2.24, 2.45) is 0 Å². The molecule has 0 unspecified atom stereocenters. The van der Waals surface area contributed by atoms with Crippen LogP contribution in [0.2, 0.25) is 0 Å². The molecule has 0 saturated carbocycles. The Morgan fingerprint density at radius 1 is 1.00 bits per heavy atom. The Bertz CT molecular complexity index is 1550. The van der Waals surface area contributed by atoms with Crippen molar-refractivity contribution in [3.05, 3.63) is 83.7 Å². The van der Waals surface area contributed by atoms with Gasteiger partial charge in [0, 0.05) is 50.6 Å². The number of nitriles is 1. The molecule has 0 aliphatic carbocycles. The number of nitrogens with zero attached hydrogens (tertiary/aromatic N) is 4. The summed E-state index contributed by atoms with van der Waals surface area (Å²) in [5.74, 6) is -1.45. The van der Waals surface area contributed by atoms with Crippen LogP contribution in [0.3, 0.4) is 0 Å². The fourth-order valence-corrected chi connectivity index (χ4v) is 5.31. The number of benzene rings is 3. The molecule has 2 amide bonds. The van der Waals surface area contributed by atoms with Crippen LogP contribution < -0.4 is 10.2 Å². The van der Waals surface area contributed by atoms with Gasteiger partial charge in [-0.3, -0.25) is 9.80 Å². The van der Waals surface area contributed by atoms with Gasteiger partial charge in [-0.15, -0.1) is 0 Å². The summed E-state index contributed by atoms with van der Waals surface area (Å²) in [5, 5.41) is 11.6. The predicted octanol–water partition coefficient (Wildman–Crippen LogP) is 5.00. The highest BCUT2D eigenvalue weighted by Crippen LogP contribution is 2.33. The van der Waals surface area contributed by atoms with Crippen LogP contribution in [-0.4, -0.2) is 69.2 Å². The van der Waals surface area contributed by atoms with E-state index in [0.717, 1.165) is 23.4 Å². The average molecular weight is 590 g/mol. The molecule has 216 valence electrons. The van der Waals surface area contributed by atoms with Gasteiger partial charge in [0.2, 0.25) is 10.0 Å². The second-order valence-corrected chi connectivity index (χ2v) is 11.5. The number of rotatable bonds is 7. The molecule has 3 aromatic rings. The number of alkyl halides is 3. The minimum atomic E-state index is -4.93. The van der Waals surface area contributed by atoms with E-state index >= 15 is 0 Å². The molecule has 0 spiro atoms. The molecule has 0 radical (unpaired) electrons. The molecule has 1 saturated heterocycles. The van der Waals surface area contributed by atoms with Crippen molar-refractivity contribution in [1.82, 2.24) is 9.21 Å². The van der Waals surface area contributed by atoms with Crippen LogP contribution in [0.1, 0.15) is 11.1 Å². The maximum absolute atomic E-state index is 13.8. The maximum Gasteiger partial charge on any atom is 0.419 e. The number of piperazine rings is 1. The molecular weight excluding hydrogens is 562 g/mol. The third-order valence-corrected chi connectivity index (χ3v) is 8.02. The van der Waals surface area contributed by atoms with Crippen LogP contribution in [0.5, 0.6) is 0 Å². The number of halogens is 4. The second kappa shape index (κ2) is 12.3. The van der Waals surface area contributed by atoms with Crippen molar-refractivity contribution >= 4 is 27.4 Å². The lowest BCUT2D eigenvalue weighted by molar-refractivity contribution is -0.139. The van der Waals surface area contributed by atoms with Crippen LogP contribution in [0.4, 0.5) is 33.7 Å². The Labute approximate surface area is 235 Å². The zero-order valence-corrected chi connectivity index (χ0v) is 22.8. The first-order valence-electron chi connectivity index (χ1n) is 12.6. The van der Waals surface area contributed by atoms with Gasteiger partial charge in [0.25, 0.3) is 0 Å². The first-order valence-corrected chi connectivity index (χ1v) is 14.4. The number of urea groups is 1. The highest BCUT2D eigenvalue weighted by Gasteiger charge is 2.34. The fourth-order valence-electron chi connectivity index (χ4n) is 4.49. The molecule has 0 atom stereocenters. The Kier molecular flexibility index (Phi) is 8.96. The zero-order valence-electron chi connectivity index (χ0n) is 22.0. The van der Waals surface area contributed by atoms with Crippen LogP contribution in [0, 0.1) is 17.1 Å². The normalized spacial score (nSPS) is 14.8. The lowest BCUT2D eigenvalue weighted by atomic mass is 10.0. The molecule has 1 N–H and O–H groups in total. The number of amides is 2. The van der Waals surface area contributed by atoms with E-state index in [1.165, 1.54) is 9.21 Å². The largest absolute Gasteiger partial charge is 0.419 e. The summed E-state index contributed by atoms with van der Waals surface area (Å²) in [7, 11) is -3.31. The summed E-state index contributed by atoms with van der Waals surface area (Å²) in [6, 6.07) is 17.5. The predicted molar refractivity (Wildman–Crippen MR) is 147 cm³/mol. The molecule has 0 aromatic heterocycles.